The van der Waals surface area contributed by atoms with E-state index in [2.05, 4.69) is 15.3 Å². The van der Waals surface area contributed by atoms with Crippen LogP contribution < -0.4 is 5.32 Å². The first kappa shape index (κ1) is 10.5. The molecule has 0 spiro atoms. The molecule has 3 rings (SSSR count). The number of nitrogens with zero attached hydrogens (tertiary/aromatic N) is 1. The van der Waals surface area contributed by atoms with Crippen molar-refractivity contribution in [1.29, 1.82) is 0 Å². The van der Waals surface area contributed by atoms with Crippen LogP contribution in [0.15, 0.2) is 48.5 Å². The number of aromatic amines is 1. The van der Waals surface area contributed by atoms with Gasteiger partial charge in [-0.2, -0.15) is 0 Å². The van der Waals surface area contributed by atoms with E-state index in [0.29, 0.717) is 11.5 Å². The third kappa shape index (κ3) is 1.96. The van der Waals surface area contributed by atoms with Crippen LogP contribution in [-0.4, -0.2) is 16.3 Å². The van der Waals surface area contributed by atoms with Gasteiger partial charge >= 0.3 is 0 Å². The molecular weight excluding hydrogens is 226 g/mol. The lowest BCUT2D eigenvalue weighted by Crippen LogP contribution is -1.92. The molecule has 0 aliphatic rings. The molecule has 0 unspecified atom stereocenters. The molecule has 0 amide bonds. The van der Waals surface area contributed by atoms with E-state index in [9.17, 15) is 4.79 Å². The first-order valence-corrected chi connectivity index (χ1v) is 5.62. The monoisotopic (exact) mass is 237 g/mol. The second-order valence-corrected chi connectivity index (χ2v) is 3.97. The molecule has 3 aromatic rings. The van der Waals surface area contributed by atoms with Crippen molar-refractivity contribution in [1.82, 2.24) is 9.97 Å². The van der Waals surface area contributed by atoms with Gasteiger partial charge in [-0.3, -0.25) is 4.79 Å². The molecule has 88 valence electrons. The van der Waals surface area contributed by atoms with Gasteiger partial charge in [0.05, 0.1) is 11.0 Å². The third-order valence-corrected chi connectivity index (χ3v) is 2.70. The van der Waals surface area contributed by atoms with Gasteiger partial charge in [0.2, 0.25) is 5.95 Å². The number of nitrogens with one attached hydrogen (secondary N) is 2. The highest BCUT2D eigenvalue weighted by atomic mass is 16.1. The number of aldehydes is 1. The lowest BCUT2D eigenvalue weighted by Gasteiger charge is -2.01. The lowest BCUT2D eigenvalue weighted by atomic mass is 10.2. The number of aromatic nitrogens is 2. The summed E-state index contributed by atoms with van der Waals surface area (Å²) in [6.45, 7) is 0. The van der Waals surface area contributed by atoms with Crippen LogP contribution in [0.2, 0.25) is 0 Å². The molecule has 1 heterocycles. The maximum Gasteiger partial charge on any atom is 0.205 e. The first-order chi connectivity index (χ1) is 8.85. The molecule has 0 radical (unpaired) electrons. The second kappa shape index (κ2) is 4.33. The Balaban J connectivity index is 1.88. The Morgan fingerprint density at radius 1 is 1.06 bits per heavy atom. The van der Waals surface area contributed by atoms with Gasteiger partial charge in [-0.05, 0) is 36.4 Å². The van der Waals surface area contributed by atoms with Crippen molar-refractivity contribution in [3.05, 3.63) is 54.1 Å². The van der Waals surface area contributed by atoms with Gasteiger partial charge in [-0.1, -0.05) is 12.1 Å². The fourth-order valence-electron chi connectivity index (χ4n) is 1.79. The molecule has 0 fully saturated rings. The number of hydrogen-bond donors (Lipinski definition) is 2. The first-order valence-electron chi connectivity index (χ1n) is 5.62. The molecule has 18 heavy (non-hydrogen) atoms. The van der Waals surface area contributed by atoms with E-state index in [4.69, 9.17) is 0 Å². The summed E-state index contributed by atoms with van der Waals surface area (Å²) in [5.74, 6) is 0.690. The van der Waals surface area contributed by atoms with Crippen molar-refractivity contribution >= 4 is 29.0 Å². The van der Waals surface area contributed by atoms with E-state index < -0.39 is 0 Å². The highest BCUT2D eigenvalue weighted by Crippen LogP contribution is 2.18. The van der Waals surface area contributed by atoms with Gasteiger partial charge in [-0.15, -0.1) is 0 Å². The van der Waals surface area contributed by atoms with Gasteiger partial charge in [0.1, 0.15) is 6.29 Å². The summed E-state index contributed by atoms with van der Waals surface area (Å²) < 4.78 is 0. The fourth-order valence-corrected chi connectivity index (χ4v) is 1.79. The summed E-state index contributed by atoms with van der Waals surface area (Å²) in [6, 6.07) is 15.0. The number of para-hydroxylation sites is 2. The van der Waals surface area contributed by atoms with Crippen LogP contribution in [0.3, 0.4) is 0 Å². The predicted molar refractivity (Wildman–Crippen MR) is 71.2 cm³/mol. The Morgan fingerprint density at radius 3 is 2.56 bits per heavy atom. The summed E-state index contributed by atoms with van der Waals surface area (Å²) in [4.78, 5) is 18.1. The molecule has 4 heteroatoms. The Labute approximate surface area is 104 Å². The van der Waals surface area contributed by atoms with Crippen molar-refractivity contribution in [3.63, 3.8) is 0 Å². The normalized spacial score (nSPS) is 10.4. The van der Waals surface area contributed by atoms with Crippen LogP contribution >= 0.6 is 0 Å². The molecule has 0 aliphatic carbocycles. The van der Waals surface area contributed by atoms with E-state index in [0.717, 1.165) is 23.0 Å². The predicted octanol–water partition coefficient (Wildman–Crippen LogP) is 3.12. The molecule has 0 atom stereocenters. The molecule has 2 N–H and O–H groups in total. The average Bonchev–Trinajstić information content (AvgIpc) is 2.82. The Kier molecular flexibility index (Phi) is 2.53. The topological polar surface area (TPSA) is 57.8 Å². The van der Waals surface area contributed by atoms with Crippen molar-refractivity contribution in [2.75, 3.05) is 5.32 Å². The molecular formula is C14H11N3O. The molecule has 2 aromatic carbocycles. The largest absolute Gasteiger partial charge is 0.326 e. The standard InChI is InChI=1S/C14H11N3O/c18-9-10-5-7-11(8-6-10)15-14-16-12-3-1-2-4-13(12)17-14/h1-9H,(H2,15,16,17). The molecule has 0 bridgehead atoms. The smallest absolute Gasteiger partial charge is 0.205 e. The zero-order valence-corrected chi connectivity index (χ0v) is 9.55. The van der Waals surface area contributed by atoms with Crippen molar-refractivity contribution in [2.45, 2.75) is 0 Å². The lowest BCUT2D eigenvalue weighted by molar-refractivity contribution is 0.112. The number of H-pyrrole nitrogens is 1. The average molecular weight is 237 g/mol. The Hall–Kier alpha value is -2.62. The number of carbonyl (C=O) groups is 1. The highest BCUT2D eigenvalue weighted by Gasteiger charge is 2.01. The van der Waals surface area contributed by atoms with Crippen molar-refractivity contribution in [2.24, 2.45) is 0 Å². The zero-order chi connectivity index (χ0) is 12.4. The number of carbonyl (C=O) groups excluding carboxylic acids is 1. The minimum absolute atomic E-state index is 0.658. The summed E-state index contributed by atoms with van der Waals surface area (Å²) in [6.07, 6.45) is 0.824. The van der Waals surface area contributed by atoms with Crippen LogP contribution in [0.1, 0.15) is 10.4 Å². The third-order valence-electron chi connectivity index (χ3n) is 2.70. The SMILES string of the molecule is O=Cc1ccc(Nc2nc3ccccc3[nH]2)cc1. The molecule has 1 aromatic heterocycles. The number of anilines is 2. The highest BCUT2D eigenvalue weighted by molar-refractivity contribution is 5.79. The van der Waals surface area contributed by atoms with E-state index >= 15 is 0 Å². The summed E-state index contributed by atoms with van der Waals surface area (Å²) >= 11 is 0. The Morgan fingerprint density at radius 2 is 1.83 bits per heavy atom. The second-order valence-electron chi connectivity index (χ2n) is 3.97. The number of rotatable bonds is 3. The number of fused-ring (bicyclic) bond motifs is 1. The maximum atomic E-state index is 10.6. The van der Waals surface area contributed by atoms with E-state index in [1.807, 2.05) is 36.4 Å². The minimum Gasteiger partial charge on any atom is -0.326 e. The van der Waals surface area contributed by atoms with Gasteiger partial charge in [0.25, 0.3) is 0 Å². The quantitative estimate of drug-likeness (QED) is 0.688. The molecule has 0 saturated heterocycles. The molecule has 4 nitrogen and oxygen atoms in total. The number of imidazole rings is 1. The van der Waals surface area contributed by atoms with Crippen molar-refractivity contribution in [3.8, 4) is 0 Å². The fraction of sp³-hybridized carbons (Fsp3) is 0. The van der Waals surface area contributed by atoms with Gasteiger partial charge in [0, 0.05) is 11.3 Å². The van der Waals surface area contributed by atoms with E-state index in [1.165, 1.54) is 0 Å². The maximum absolute atomic E-state index is 10.6. The van der Waals surface area contributed by atoms with Gasteiger partial charge < -0.3 is 10.3 Å². The zero-order valence-electron chi connectivity index (χ0n) is 9.55. The van der Waals surface area contributed by atoms with Crippen LogP contribution in [0.25, 0.3) is 11.0 Å². The number of benzene rings is 2. The van der Waals surface area contributed by atoms with Crippen molar-refractivity contribution < 1.29 is 4.79 Å². The van der Waals surface area contributed by atoms with Crippen LogP contribution in [0.4, 0.5) is 11.6 Å². The van der Waals surface area contributed by atoms with Gasteiger partial charge in [-0.25, -0.2) is 4.98 Å². The van der Waals surface area contributed by atoms with Crippen LogP contribution in [0.5, 0.6) is 0 Å². The number of hydrogen-bond acceptors (Lipinski definition) is 3. The van der Waals surface area contributed by atoms with Crippen LogP contribution in [0, 0.1) is 0 Å². The summed E-state index contributed by atoms with van der Waals surface area (Å²) in [7, 11) is 0. The van der Waals surface area contributed by atoms with E-state index in [1.54, 1.807) is 12.1 Å². The van der Waals surface area contributed by atoms with E-state index in [-0.39, 0.29) is 0 Å². The Bertz CT molecular complexity index is 653. The summed E-state index contributed by atoms with van der Waals surface area (Å²) in [5, 5.41) is 3.16. The van der Waals surface area contributed by atoms with Gasteiger partial charge in [0.15, 0.2) is 0 Å². The summed E-state index contributed by atoms with van der Waals surface area (Å²) in [5.41, 5.74) is 3.46. The van der Waals surface area contributed by atoms with Crippen LogP contribution in [-0.2, 0) is 0 Å². The molecule has 0 aliphatic heterocycles. The minimum atomic E-state index is 0.658. The molecule has 0 saturated carbocycles.